The lowest BCUT2D eigenvalue weighted by Gasteiger charge is -2.28. The minimum absolute atomic E-state index is 0.669. The van der Waals surface area contributed by atoms with Crippen molar-refractivity contribution in [2.75, 3.05) is 18.4 Å². The molecule has 4 aromatic rings. The first-order valence-electron chi connectivity index (χ1n) is 12.4. The van der Waals surface area contributed by atoms with E-state index in [0.29, 0.717) is 6.42 Å². The molecule has 0 bridgehead atoms. The zero-order valence-electron chi connectivity index (χ0n) is 20.2. The molecule has 1 aliphatic rings. The van der Waals surface area contributed by atoms with Crippen molar-refractivity contribution in [3.8, 4) is 11.3 Å². The van der Waals surface area contributed by atoms with E-state index in [2.05, 4.69) is 69.6 Å². The molecule has 1 N–H and O–H groups in total. The number of aldehydes is 1. The molecule has 6 heteroatoms. The number of hydrogen-bond acceptors (Lipinski definition) is 6. The summed E-state index contributed by atoms with van der Waals surface area (Å²) in [5.74, 6) is 0.891. The van der Waals surface area contributed by atoms with E-state index < -0.39 is 0 Å². The van der Waals surface area contributed by atoms with Gasteiger partial charge in [-0.3, -0.25) is 9.88 Å². The Labute approximate surface area is 206 Å². The van der Waals surface area contributed by atoms with Gasteiger partial charge in [-0.15, -0.1) is 0 Å². The van der Waals surface area contributed by atoms with Crippen molar-refractivity contribution < 1.29 is 4.79 Å². The summed E-state index contributed by atoms with van der Waals surface area (Å²) in [6.07, 6.45) is 9.42. The number of hydrogen-bond donors (Lipinski definition) is 1. The predicted molar refractivity (Wildman–Crippen MR) is 141 cm³/mol. The molecule has 0 aliphatic carbocycles. The molecule has 0 spiro atoms. The van der Waals surface area contributed by atoms with Crippen molar-refractivity contribution in [1.29, 1.82) is 0 Å². The lowest BCUT2D eigenvalue weighted by Crippen LogP contribution is -2.32. The van der Waals surface area contributed by atoms with Crippen LogP contribution in [0.5, 0.6) is 0 Å². The number of fused-ring (bicyclic) bond motifs is 2. The number of nitrogens with zero attached hydrogens (tertiary/aromatic N) is 4. The molecular formula is C29H31N5O. The molecule has 2 aromatic carbocycles. The molecule has 0 atom stereocenters. The van der Waals surface area contributed by atoms with E-state index in [1.165, 1.54) is 16.5 Å². The minimum atomic E-state index is 0.669. The molecular weight excluding hydrogens is 434 g/mol. The number of aromatic nitrogens is 3. The summed E-state index contributed by atoms with van der Waals surface area (Å²) in [6.45, 7) is 5.02. The summed E-state index contributed by atoms with van der Waals surface area (Å²) in [5.41, 5.74) is 6.58. The molecule has 6 nitrogen and oxygen atoms in total. The van der Waals surface area contributed by atoms with Gasteiger partial charge in [0.05, 0.1) is 11.4 Å². The van der Waals surface area contributed by atoms with Crippen molar-refractivity contribution in [3.05, 3.63) is 77.9 Å². The Hall–Kier alpha value is -3.64. The maximum Gasteiger partial charge on any atom is 0.137 e. The number of anilines is 2. The van der Waals surface area contributed by atoms with E-state index >= 15 is 0 Å². The van der Waals surface area contributed by atoms with Crippen LogP contribution in [0.4, 0.5) is 11.5 Å². The van der Waals surface area contributed by atoms with Gasteiger partial charge in [0.1, 0.15) is 18.4 Å². The highest BCUT2D eigenvalue weighted by atomic mass is 16.1. The van der Waals surface area contributed by atoms with E-state index in [4.69, 9.17) is 4.98 Å². The van der Waals surface area contributed by atoms with Gasteiger partial charge in [0.2, 0.25) is 0 Å². The average Bonchev–Trinajstić information content (AvgIpc) is 2.89. The van der Waals surface area contributed by atoms with E-state index in [1.807, 2.05) is 12.3 Å². The summed E-state index contributed by atoms with van der Waals surface area (Å²) in [6, 6.07) is 16.9. The van der Waals surface area contributed by atoms with Crippen LogP contribution in [-0.2, 0) is 17.8 Å². The summed E-state index contributed by atoms with van der Waals surface area (Å²) in [4.78, 5) is 26.8. The standard InChI is InChI=1S/C29H31N5O/c1-21-10-11-24(17-26(21)27-16-22-8-4-5-9-23(22)18-30-27)33-29-25-12-14-34(13-6-2-3-7-15-35)19-28(25)31-20-32-29/h4-5,8-11,15-18,20H,2-3,6-7,12-14,19H2,1H3,(H,31,32,33). The third kappa shape index (κ3) is 5.38. The first-order valence-corrected chi connectivity index (χ1v) is 12.4. The number of carbonyl (C=O) groups is 1. The predicted octanol–water partition coefficient (Wildman–Crippen LogP) is 5.86. The summed E-state index contributed by atoms with van der Waals surface area (Å²) >= 11 is 0. The van der Waals surface area contributed by atoms with Crippen LogP contribution in [-0.4, -0.2) is 39.2 Å². The topological polar surface area (TPSA) is 71.0 Å². The molecule has 0 fully saturated rings. The molecule has 0 radical (unpaired) electrons. The van der Waals surface area contributed by atoms with Crippen molar-refractivity contribution in [3.63, 3.8) is 0 Å². The van der Waals surface area contributed by atoms with Crippen molar-refractivity contribution in [1.82, 2.24) is 19.9 Å². The van der Waals surface area contributed by atoms with Gasteiger partial charge in [-0.25, -0.2) is 9.97 Å². The lowest BCUT2D eigenvalue weighted by molar-refractivity contribution is -0.107. The fourth-order valence-corrected chi connectivity index (χ4v) is 4.79. The molecule has 2 aromatic heterocycles. The Morgan fingerprint density at radius 1 is 1.00 bits per heavy atom. The summed E-state index contributed by atoms with van der Waals surface area (Å²) in [7, 11) is 0. The number of rotatable bonds is 9. The maximum atomic E-state index is 10.5. The minimum Gasteiger partial charge on any atom is -0.340 e. The van der Waals surface area contributed by atoms with E-state index in [1.54, 1.807) is 6.33 Å². The zero-order valence-corrected chi connectivity index (χ0v) is 20.2. The van der Waals surface area contributed by atoms with Gasteiger partial charge >= 0.3 is 0 Å². The van der Waals surface area contributed by atoms with Crippen LogP contribution in [0.3, 0.4) is 0 Å². The van der Waals surface area contributed by atoms with Crippen LogP contribution < -0.4 is 5.32 Å². The summed E-state index contributed by atoms with van der Waals surface area (Å²) in [5, 5.41) is 5.89. The molecule has 0 unspecified atom stereocenters. The van der Waals surface area contributed by atoms with Crippen LogP contribution in [0, 0.1) is 6.92 Å². The molecule has 178 valence electrons. The highest BCUT2D eigenvalue weighted by molar-refractivity contribution is 5.86. The molecule has 5 rings (SSSR count). The van der Waals surface area contributed by atoms with Gasteiger partial charge in [-0.1, -0.05) is 36.8 Å². The van der Waals surface area contributed by atoms with E-state index in [-0.39, 0.29) is 0 Å². The smallest absolute Gasteiger partial charge is 0.137 e. The molecule has 0 saturated carbocycles. The van der Waals surface area contributed by atoms with Crippen molar-refractivity contribution in [2.45, 2.75) is 45.6 Å². The number of benzene rings is 2. The van der Waals surface area contributed by atoms with Crippen LogP contribution in [0.15, 0.2) is 61.1 Å². The first kappa shape index (κ1) is 23.1. The van der Waals surface area contributed by atoms with Crippen LogP contribution in [0.1, 0.15) is 42.5 Å². The van der Waals surface area contributed by atoms with Gasteiger partial charge in [0.15, 0.2) is 0 Å². The number of aryl methyl sites for hydroxylation is 1. The molecule has 35 heavy (non-hydrogen) atoms. The fraction of sp³-hybridized carbons (Fsp3) is 0.310. The molecule has 0 amide bonds. The Morgan fingerprint density at radius 3 is 2.77 bits per heavy atom. The average molecular weight is 466 g/mol. The molecule has 3 heterocycles. The van der Waals surface area contributed by atoms with Crippen LogP contribution in [0.2, 0.25) is 0 Å². The van der Waals surface area contributed by atoms with Gasteiger partial charge in [-0.2, -0.15) is 0 Å². The number of carbonyl (C=O) groups excluding carboxylic acids is 1. The van der Waals surface area contributed by atoms with Crippen LogP contribution in [0.25, 0.3) is 22.0 Å². The number of unbranched alkanes of at least 4 members (excludes halogenated alkanes) is 3. The van der Waals surface area contributed by atoms with Crippen LogP contribution >= 0.6 is 0 Å². The maximum absolute atomic E-state index is 10.5. The second-order valence-corrected chi connectivity index (χ2v) is 9.26. The Balaban J connectivity index is 1.32. The second-order valence-electron chi connectivity index (χ2n) is 9.26. The SMILES string of the molecule is Cc1ccc(Nc2ncnc3c2CCN(CCCCCC=O)C3)cc1-c1cc2ccccc2cn1. The van der Waals surface area contributed by atoms with E-state index in [0.717, 1.165) is 85.4 Å². The quantitative estimate of drug-likeness (QED) is 0.247. The third-order valence-corrected chi connectivity index (χ3v) is 6.79. The Kier molecular flexibility index (Phi) is 7.09. The van der Waals surface area contributed by atoms with Gasteiger partial charge in [-0.05, 0) is 61.9 Å². The van der Waals surface area contributed by atoms with E-state index in [9.17, 15) is 4.79 Å². The highest BCUT2D eigenvalue weighted by Crippen LogP contribution is 2.30. The first-order chi connectivity index (χ1) is 17.2. The largest absolute Gasteiger partial charge is 0.340 e. The van der Waals surface area contributed by atoms with Gasteiger partial charge in [0.25, 0.3) is 0 Å². The summed E-state index contributed by atoms with van der Waals surface area (Å²) < 4.78 is 0. The highest BCUT2D eigenvalue weighted by Gasteiger charge is 2.21. The Morgan fingerprint density at radius 2 is 1.89 bits per heavy atom. The van der Waals surface area contributed by atoms with Crippen molar-refractivity contribution in [2.24, 2.45) is 0 Å². The number of nitrogens with one attached hydrogen (secondary N) is 1. The second kappa shape index (κ2) is 10.7. The number of pyridine rings is 1. The Bertz CT molecular complexity index is 1340. The normalized spacial score (nSPS) is 13.5. The third-order valence-electron chi connectivity index (χ3n) is 6.79. The molecule has 0 saturated heterocycles. The lowest BCUT2D eigenvalue weighted by atomic mass is 10.0. The zero-order chi connectivity index (χ0) is 24.0. The van der Waals surface area contributed by atoms with Gasteiger partial charge in [0, 0.05) is 47.9 Å². The monoisotopic (exact) mass is 465 g/mol. The fourth-order valence-electron chi connectivity index (χ4n) is 4.79. The molecule has 1 aliphatic heterocycles. The van der Waals surface area contributed by atoms with Gasteiger partial charge < -0.3 is 10.1 Å². The van der Waals surface area contributed by atoms with Crippen molar-refractivity contribution >= 4 is 28.6 Å².